The number of aliphatic carboxylic acids is 1. The van der Waals surface area contributed by atoms with Gasteiger partial charge in [-0.15, -0.1) is 0 Å². The molecule has 3 atom stereocenters. The van der Waals surface area contributed by atoms with Crippen LogP contribution in [0.4, 0.5) is 0 Å². The van der Waals surface area contributed by atoms with Crippen molar-refractivity contribution in [1.29, 1.82) is 0 Å². The molecule has 1 saturated carbocycles. The highest BCUT2D eigenvalue weighted by molar-refractivity contribution is 5.86. The molecule has 2 aliphatic rings. The van der Waals surface area contributed by atoms with Gasteiger partial charge in [0.2, 0.25) is 5.91 Å². The lowest BCUT2D eigenvalue weighted by Gasteiger charge is -2.33. The standard InChI is InChI=1S/C11H17NO4/c13-9-3-1-2-8(5-9)12-6-7(11(15)16)4-10(12)14/h7-9,13H,1-6H2,(H,15,16). The summed E-state index contributed by atoms with van der Waals surface area (Å²) in [5.41, 5.74) is 0. The number of carboxylic acids is 1. The van der Waals surface area contributed by atoms with E-state index in [4.69, 9.17) is 5.11 Å². The van der Waals surface area contributed by atoms with E-state index < -0.39 is 11.9 Å². The number of rotatable bonds is 2. The molecular formula is C11H17NO4. The zero-order valence-electron chi connectivity index (χ0n) is 9.13. The molecule has 2 rings (SSSR count). The van der Waals surface area contributed by atoms with Gasteiger partial charge in [0, 0.05) is 19.0 Å². The van der Waals surface area contributed by atoms with Crippen LogP contribution in [-0.4, -0.2) is 45.7 Å². The van der Waals surface area contributed by atoms with Crippen molar-refractivity contribution in [2.45, 2.75) is 44.2 Å². The zero-order valence-corrected chi connectivity index (χ0v) is 9.13. The molecule has 0 radical (unpaired) electrons. The van der Waals surface area contributed by atoms with Crippen LogP contribution < -0.4 is 0 Å². The van der Waals surface area contributed by atoms with E-state index >= 15 is 0 Å². The number of nitrogens with zero attached hydrogens (tertiary/aromatic N) is 1. The van der Waals surface area contributed by atoms with E-state index in [9.17, 15) is 14.7 Å². The number of likely N-dealkylation sites (tertiary alicyclic amines) is 1. The Morgan fingerprint density at radius 1 is 1.38 bits per heavy atom. The Kier molecular flexibility index (Phi) is 3.14. The molecule has 0 aromatic heterocycles. The summed E-state index contributed by atoms with van der Waals surface area (Å²) in [6.45, 7) is 0.311. The van der Waals surface area contributed by atoms with Gasteiger partial charge in [0.1, 0.15) is 0 Å². The Labute approximate surface area is 94.0 Å². The third-order valence-electron chi connectivity index (χ3n) is 3.57. The van der Waals surface area contributed by atoms with E-state index in [1.54, 1.807) is 4.90 Å². The van der Waals surface area contributed by atoms with Crippen molar-refractivity contribution < 1.29 is 19.8 Å². The normalized spacial score (nSPS) is 35.4. The lowest BCUT2D eigenvalue weighted by atomic mass is 9.92. The molecule has 0 aromatic carbocycles. The van der Waals surface area contributed by atoms with E-state index in [2.05, 4.69) is 0 Å². The van der Waals surface area contributed by atoms with Gasteiger partial charge in [0.05, 0.1) is 12.0 Å². The lowest BCUT2D eigenvalue weighted by molar-refractivity contribution is -0.141. The van der Waals surface area contributed by atoms with E-state index in [0.29, 0.717) is 13.0 Å². The summed E-state index contributed by atoms with van der Waals surface area (Å²) in [5.74, 6) is -1.54. The number of aliphatic hydroxyl groups excluding tert-OH is 1. The van der Waals surface area contributed by atoms with Crippen LogP contribution in [0.2, 0.25) is 0 Å². The Morgan fingerprint density at radius 3 is 2.69 bits per heavy atom. The number of amides is 1. The van der Waals surface area contributed by atoms with Gasteiger partial charge in [-0.05, 0) is 25.7 Å². The predicted molar refractivity (Wildman–Crippen MR) is 55.7 cm³/mol. The second-order valence-corrected chi connectivity index (χ2v) is 4.76. The van der Waals surface area contributed by atoms with Gasteiger partial charge in [0.15, 0.2) is 0 Å². The largest absolute Gasteiger partial charge is 0.481 e. The van der Waals surface area contributed by atoms with Crippen LogP contribution in [0.5, 0.6) is 0 Å². The molecule has 1 aliphatic heterocycles. The van der Waals surface area contributed by atoms with Crippen LogP contribution in [0.3, 0.4) is 0 Å². The average molecular weight is 227 g/mol. The van der Waals surface area contributed by atoms with Crippen molar-refractivity contribution in [2.24, 2.45) is 5.92 Å². The average Bonchev–Trinajstić information content (AvgIpc) is 2.60. The molecule has 1 aliphatic carbocycles. The first-order valence-electron chi connectivity index (χ1n) is 5.78. The maximum absolute atomic E-state index is 11.7. The molecule has 1 saturated heterocycles. The first kappa shape index (κ1) is 11.4. The molecule has 1 amide bonds. The van der Waals surface area contributed by atoms with E-state index in [0.717, 1.165) is 19.3 Å². The quantitative estimate of drug-likeness (QED) is 0.707. The number of carbonyl (C=O) groups is 2. The fourth-order valence-electron chi connectivity index (χ4n) is 2.67. The molecule has 3 unspecified atom stereocenters. The molecule has 5 nitrogen and oxygen atoms in total. The highest BCUT2D eigenvalue weighted by atomic mass is 16.4. The molecule has 90 valence electrons. The molecule has 16 heavy (non-hydrogen) atoms. The maximum Gasteiger partial charge on any atom is 0.308 e. The molecule has 1 heterocycles. The van der Waals surface area contributed by atoms with Crippen molar-refractivity contribution in [2.75, 3.05) is 6.54 Å². The van der Waals surface area contributed by atoms with Gasteiger partial charge in [-0.25, -0.2) is 0 Å². The highest BCUT2D eigenvalue weighted by Crippen LogP contribution is 2.28. The fraction of sp³-hybridized carbons (Fsp3) is 0.818. The van der Waals surface area contributed by atoms with E-state index in [1.807, 2.05) is 0 Å². The minimum Gasteiger partial charge on any atom is -0.481 e. The minimum absolute atomic E-state index is 0.0422. The van der Waals surface area contributed by atoms with Crippen LogP contribution in [0.25, 0.3) is 0 Å². The Bertz CT molecular complexity index is 304. The molecule has 2 N–H and O–H groups in total. The van der Waals surface area contributed by atoms with Crippen LogP contribution >= 0.6 is 0 Å². The van der Waals surface area contributed by atoms with E-state index in [-0.39, 0.29) is 24.5 Å². The van der Waals surface area contributed by atoms with Crippen molar-refractivity contribution in [3.05, 3.63) is 0 Å². The van der Waals surface area contributed by atoms with Gasteiger partial charge in [0.25, 0.3) is 0 Å². The second kappa shape index (κ2) is 4.41. The third-order valence-corrected chi connectivity index (χ3v) is 3.57. The van der Waals surface area contributed by atoms with E-state index in [1.165, 1.54) is 0 Å². The van der Waals surface area contributed by atoms with Crippen LogP contribution in [0.1, 0.15) is 32.1 Å². The zero-order chi connectivity index (χ0) is 11.7. The topological polar surface area (TPSA) is 77.8 Å². The Balaban J connectivity index is 1.99. The third kappa shape index (κ3) is 2.19. The number of hydrogen-bond donors (Lipinski definition) is 2. The monoisotopic (exact) mass is 227 g/mol. The molecular weight excluding hydrogens is 210 g/mol. The molecule has 0 aromatic rings. The summed E-state index contributed by atoms with van der Waals surface area (Å²) in [6, 6.07) is 0.0422. The first-order chi connectivity index (χ1) is 7.58. The molecule has 0 spiro atoms. The SMILES string of the molecule is O=C(O)C1CC(=O)N(C2CCCC(O)C2)C1. The van der Waals surface area contributed by atoms with Gasteiger partial charge in [-0.3, -0.25) is 9.59 Å². The van der Waals surface area contributed by atoms with Gasteiger partial charge < -0.3 is 15.1 Å². The summed E-state index contributed by atoms with van der Waals surface area (Å²) in [4.78, 5) is 24.1. The molecule has 2 fully saturated rings. The number of hydrogen-bond acceptors (Lipinski definition) is 3. The van der Waals surface area contributed by atoms with Crippen molar-refractivity contribution in [3.8, 4) is 0 Å². The second-order valence-electron chi connectivity index (χ2n) is 4.76. The van der Waals surface area contributed by atoms with Crippen molar-refractivity contribution in [1.82, 2.24) is 4.90 Å². The van der Waals surface area contributed by atoms with Crippen molar-refractivity contribution in [3.63, 3.8) is 0 Å². The summed E-state index contributed by atoms with van der Waals surface area (Å²) in [5, 5.41) is 18.4. The molecule has 5 heteroatoms. The minimum atomic E-state index is -0.896. The predicted octanol–water partition coefficient (Wildman–Crippen LogP) is 0.223. The van der Waals surface area contributed by atoms with Crippen LogP contribution in [-0.2, 0) is 9.59 Å². The molecule has 0 bridgehead atoms. The summed E-state index contributed by atoms with van der Waals surface area (Å²) < 4.78 is 0. The van der Waals surface area contributed by atoms with Crippen LogP contribution in [0.15, 0.2) is 0 Å². The van der Waals surface area contributed by atoms with Crippen LogP contribution in [0, 0.1) is 5.92 Å². The Morgan fingerprint density at radius 2 is 2.12 bits per heavy atom. The lowest BCUT2D eigenvalue weighted by Crippen LogP contribution is -2.41. The summed E-state index contributed by atoms with van der Waals surface area (Å²) >= 11 is 0. The van der Waals surface area contributed by atoms with Gasteiger partial charge in [-0.1, -0.05) is 0 Å². The number of aliphatic hydroxyl groups is 1. The summed E-state index contributed by atoms with van der Waals surface area (Å²) in [6.07, 6.45) is 2.96. The first-order valence-corrected chi connectivity index (χ1v) is 5.78. The Hall–Kier alpha value is -1.10. The summed E-state index contributed by atoms with van der Waals surface area (Å²) in [7, 11) is 0. The number of carboxylic acid groups (broad SMARTS) is 1. The van der Waals surface area contributed by atoms with Gasteiger partial charge >= 0.3 is 5.97 Å². The van der Waals surface area contributed by atoms with Crippen molar-refractivity contribution >= 4 is 11.9 Å². The number of carbonyl (C=O) groups excluding carboxylic acids is 1. The maximum atomic E-state index is 11.7. The fourth-order valence-corrected chi connectivity index (χ4v) is 2.67. The smallest absolute Gasteiger partial charge is 0.308 e. The van der Waals surface area contributed by atoms with Gasteiger partial charge in [-0.2, -0.15) is 0 Å². The highest BCUT2D eigenvalue weighted by Gasteiger charge is 2.39.